The van der Waals surface area contributed by atoms with E-state index in [4.69, 9.17) is 4.74 Å². The summed E-state index contributed by atoms with van der Waals surface area (Å²) in [6, 6.07) is 13.0. The molecule has 0 amide bonds. The van der Waals surface area contributed by atoms with Gasteiger partial charge in [0.15, 0.2) is 0 Å². The van der Waals surface area contributed by atoms with Crippen molar-refractivity contribution in [2.45, 2.75) is 26.1 Å². The Kier molecular flexibility index (Phi) is 2.00. The van der Waals surface area contributed by atoms with E-state index in [0.717, 1.165) is 13.0 Å². The second kappa shape index (κ2) is 3.35. The lowest BCUT2D eigenvalue weighted by atomic mass is 9.93. The molecule has 0 aromatic heterocycles. The molecule has 0 spiro atoms. The summed E-state index contributed by atoms with van der Waals surface area (Å²) in [5.74, 6) is 0. The largest absolute Gasteiger partial charge is 0.373 e. The topological polar surface area (TPSA) is 9.23 Å². The number of rotatable bonds is 0. The van der Waals surface area contributed by atoms with Crippen LogP contribution in [0.2, 0.25) is 0 Å². The average molecular weight is 198 g/mol. The summed E-state index contributed by atoms with van der Waals surface area (Å²) >= 11 is 0. The molecule has 1 aliphatic rings. The highest BCUT2D eigenvalue weighted by Crippen LogP contribution is 2.28. The van der Waals surface area contributed by atoms with Crippen molar-refractivity contribution in [2.75, 3.05) is 0 Å². The Balaban J connectivity index is 2.28. The lowest BCUT2D eigenvalue weighted by Crippen LogP contribution is -2.19. The Morgan fingerprint density at radius 2 is 2.00 bits per heavy atom. The summed E-state index contributed by atoms with van der Waals surface area (Å²) in [7, 11) is 0. The molecule has 0 bridgehead atoms. The highest BCUT2D eigenvalue weighted by Gasteiger charge is 2.16. The second-order valence-electron chi connectivity index (χ2n) is 4.25. The Morgan fingerprint density at radius 3 is 2.93 bits per heavy atom. The number of ether oxygens (including phenoxy) is 1. The van der Waals surface area contributed by atoms with E-state index in [-0.39, 0.29) is 0 Å². The molecule has 2 aromatic rings. The van der Waals surface area contributed by atoms with Gasteiger partial charge in [-0.15, -0.1) is 0 Å². The standard InChI is InChI=1S/C14H14O/c1-10-8-14-12(9-15-10)7-6-11-4-2-3-5-13(11)14/h2-7,10H,8-9H2,1H3. The fraction of sp³-hybridized carbons (Fsp3) is 0.286. The van der Waals surface area contributed by atoms with Crippen LogP contribution in [0.5, 0.6) is 0 Å². The van der Waals surface area contributed by atoms with Crippen molar-refractivity contribution in [1.82, 2.24) is 0 Å². The second-order valence-corrected chi connectivity index (χ2v) is 4.25. The molecule has 3 rings (SSSR count). The zero-order chi connectivity index (χ0) is 10.3. The lowest BCUT2D eigenvalue weighted by Gasteiger charge is -2.23. The first-order chi connectivity index (χ1) is 7.34. The van der Waals surface area contributed by atoms with Crippen LogP contribution in [-0.2, 0) is 17.8 Å². The van der Waals surface area contributed by atoms with Crippen molar-refractivity contribution in [3.8, 4) is 0 Å². The van der Waals surface area contributed by atoms with Crippen LogP contribution < -0.4 is 0 Å². The predicted molar refractivity (Wildman–Crippen MR) is 61.9 cm³/mol. The van der Waals surface area contributed by atoms with Gasteiger partial charge in [-0.2, -0.15) is 0 Å². The van der Waals surface area contributed by atoms with E-state index in [1.54, 1.807) is 0 Å². The molecule has 76 valence electrons. The quantitative estimate of drug-likeness (QED) is 0.631. The van der Waals surface area contributed by atoms with Crippen molar-refractivity contribution < 1.29 is 4.74 Å². The van der Waals surface area contributed by atoms with Gasteiger partial charge in [-0.05, 0) is 35.2 Å². The maximum Gasteiger partial charge on any atom is 0.0723 e. The predicted octanol–water partition coefficient (Wildman–Crippen LogP) is 3.30. The monoisotopic (exact) mass is 198 g/mol. The van der Waals surface area contributed by atoms with E-state index in [0.29, 0.717) is 6.10 Å². The molecule has 0 fully saturated rings. The van der Waals surface area contributed by atoms with Crippen molar-refractivity contribution in [3.63, 3.8) is 0 Å². The van der Waals surface area contributed by atoms with Gasteiger partial charge >= 0.3 is 0 Å². The molecule has 0 N–H and O–H groups in total. The molecule has 1 unspecified atom stereocenters. The van der Waals surface area contributed by atoms with Gasteiger partial charge in [0.2, 0.25) is 0 Å². The maximum atomic E-state index is 5.65. The van der Waals surface area contributed by atoms with Crippen LogP contribution in [0.3, 0.4) is 0 Å². The molecule has 2 aromatic carbocycles. The minimum Gasteiger partial charge on any atom is -0.373 e. The van der Waals surface area contributed by atoms with Crippen molar-refractivity contribution >= 4 is 10.8 Å². The van der Waals surface area contributed by atoms with Crippen LogP contribution in [0.25, 0.3) is 10.8 Å². The third kappa shape index (κ3) is 1.44. The minimum atomic E-state index is 0.350. The fourth-order valence-corrected chi connectivity index (χ4v) is 2.34. The summed E-state index contributed by atoms with van der Waals surface area (Å²) in [4.78, 5) is 0. The molecule has 1 nitrogen and oxygen atoms in total. The highest BCUT2D eigenvalue weighted by atomic mass is 16.5. The van der Waals surface area contributed by atoms with Gasteiger partial charge in [-0.3, -0.25) is 0 Å². The first-order valence-electron chi connectivity index (χ1n) is 5.46. The van der Waals surface area contributed by atoms with Crippen LogP contribution in [-0.4, -0.2) is 6.10 Å². The minimum absolute atomic E-state index is 0.350. The molecule has 1 heterocycles. The van der Waals surface area contributed by atoms with E-state index in [1.807, 2.05) is 0 Å². The van der Waals surface area contributed by atoms with Crippen LogP contribution in [0, 0.1) is 0 Å². The van der Waals surface area contributed by atoms with Gasteiger partial charge in [0.25, 0.3) is 0 Å². The molecule has 1 atom stereocenters. The van der Waals surface area contributed by atoms with E-state index in [9.17, 15) is 0 Å². The molecule has 1 aliphatic heterocycles. The Morgan fingerprint density at radius 1 is 1.13 bits per heavy atom. The van der Waals surface area contributed by atoms with Crippen molar-refractivity contribution in [3.05, 3.63) is 47.5 Å². The Bertz CT molecular complexity index is 502. The maximum absolute atomic E-state index is 5.65. The highest BCUT2D eigenvalue weighted by molar-refractivity contribution is 5.86. The van der Waals surface area contributed by atoms with Crippen LogP contribution in [0.4, 0.5) is 0 Å². The zero-order valence-electron chi connectivity index (χ0n) is 8.86. The van der Waals surface area contributed by atoms with Crippen LogP contribution in [0.1, 0.15) is 18.1 Å². The van der Waals surface area contributed by atoms with E-state index in [2.05, 4.69) is 43.3 Å². The van der Waals surface area contributed by atoms with Crippen molar-refractivity contribution in [1.29, 1.82) is 0 Å². The SMILES string of the molecule is CC1Cc2c(ccc3ccccc23)CO1. The van der Waals surface area contributed by atoms with Gasteiger partial charge in [0, 0.05) is 0 Å². The summed E-state index contributed by atoms with van der Waals surface area (Å²) in [6.07, 6.45) is 1.39. The molecular weight excluding hydrogens is 184 g/mol. The van der Waals surface area contributed by atoms with E-state index in [1.165, 1.54) is 21.9 Å². The zero-order valence-corrected chi connectivity index (χ0v) is 8.86. The van der Waals surface area contributed by atoms with Crippen molar-refractivity contribution in [2.24, 2.45) is 0 Å². The first-order valence-corrected chi connectivity index (χ1v) is 5.46. The van der Waals surface area contributed by atoms with E-state index < -0.39 is 0 Å². The average Bonchev–Trinajstić information content (AvgIpc) is 2.29. The Labute approximate surface area is 89.7 Å². The molecule has 0 aliphatic carbocycles. The molecule has 0 saturated carbocycles. The summed E-state index contributed by atoms with van der Waals surface area (Å²) in [6.45, 7) is 2.91. The number of fused-ring (bicyclic) bond motifs is 3. The third-order valence-electron chi connectivity index (χ3n) is 3.15. The smallest absolute Gasteiger partial charge is 0.0723 e. The Hall–Kier alpha value is -1.34. The number of hydrogen-bond acceptors (Lipinski definition) is 1. The van der Waals surface area contributed by atoms with Crippen LogP contribution in [0.15, 0.2) is 36.4 Å². The van der Waals surface area contributed by atoms with Gasteiger partial charge in [0.05, 0.1) is 12.7 Å². The molecule has 0 saturated heterocycles. The normalized spacial score (nSPS) is 20.2. The van der Waals surface area contributed by atoms with Gasteiger partial charge in [-0.1, -0.05) is 36.4 Å². The van der Waals surface area contributed by atoms with Gasteiger partial charge < -0.3 is 4.74 Å². The van der Waals surface area contributed by atoms with Crippen LogP contribution >= 0.6 is 0 Å². The molecular formula is C14H14O. The number of benzene rings is 2. The summed E-state index contributed by atoms with van der Waals surface area (Å²) in [5, 5.41) is 2.73. The van der Waals surface area contributed by atoms with Gasteiger partial charge in [-0.25, -0.2) is 0 Å². The molecule has 1 heteroatoms. The van der Waals surface area contributed by atoms with Gasteiger partial charge in [0.1, 0.15) is 0 Å². The van der Waals surface area contributed by atoms with E-state index >= 15 is 0 Å². The summed E-state index contributed by atoms with van der Waals surface area (Å²) < 4.78 is 5.65. The molecule has 0 radical (unpaired) electrons. The molecule has 15 heavy (non-hydrogen) atoms. The first kappa shape index (κ1) is 8.93. The number of hydrogen-bond donors (Lipinski definition) is 0. The fourth-order valence-electron chi connectivity index (χ4n) is 2.34. The lowest BCUT2D eigenvalue weighted by molar-refractivity contribution is 0.0415. The third-order valence-corrected chi connectivity index (χ3v) is 3.15. The summed E-state index contributed by atoms with van der Waals surface area (Å²) in [5.41, 5.74) is 2.83.